The number of carbonyl (C=O) groups is 2. The van der Waals surface area contributed by atoms with Gasteiger partial charge in [-0.2, -0.15) is 0 Å². The number of carbonyl (C=O) groups excluding carboxylic acids is 2. The standard InChI is InChI=1S/C34H32O12/c1-13(45-14(2)35)8-16-22-23-17(11-34(4,5)46-15(3)36)33(42-7)31(40)25-19(38)10-21-27(29(23)25)26-20(43-12-44-21)9-18(37)24(28(22)26)30(39)32(16)41-6/h9-10,13,39-40H,8,11-12H2,1-7H3/t13-/m0/s1. The van der Waals surface area contributed by atoms with Gasteiger partial charge in [0.25, 0.3) is 0 Å². The van der Waals surface area contributed by atoms with E-state index in [4.69, 9.17) is 28.4 Å². The minimum Gasteiger partial charge on any atom is -0.504 e. The van der Waals surface area contributed by atoms with Gasteiger partial charge in [-0.25, -0.2) is 0 Å². The third-order valence-electron chi connectivity index (χ3n) is 8.28. The Kier molecular flexibility index (Phi) is 7.14. The van der Waals surface area contributed by atoms with E-state index < -0.39 is 46.0 Å². The molecule has 0 unspecified atom stereocenters. The van der Waals surface area contributed by atoms with Crippen LogP contribution in [0.3, 0.4) is 0 Å². The van der Waals surface area contributed by atoms with E-state index in [-0.39, 0.29) is 64.2 Å². The molecule has 2 N–H and O–H groups in total. The maximum atomic E-state index is 13.8. The van der Waals surface area contributed by atoms with Crippen LogP contribution in [-0.2, 0) is 31.9 Å². The summed E-state index contributed by atoms with van der Waals surface area (Å²) in [6, 6.07) is 2.47. The van der Waals surface area contributed by atoms with Gasteiger partial charge in [0.1, 0.15) is 23.2 Å². The number of rotatable bonds is 8. The Morgan fingerprint density at radius 1 is 0.783 bits per heavy atom. The number of aromatic hydroxyl groups is 2. The van der Waals surface area contributed by atoms with Gasteiger partial charge in [-0.3, -0.25) is 19.2 Å². The first kappa shape index (κ1) is 30.8. The molecule has 5 aromatic rings. The van der Waals surface area contributed by atoms with Gasteiger partial charge in [-0.05, 0) is 31.5 Å². The first-order valence-electron chi connectivity index (χ1n) is 14.5. The number of benzene rings is 5. The Hall–Kier alpha value is -5.26. The zero-order chi connectivity index (χ0) is 33.4. The van der Waals surface area contributed by atoms with Gasteiger partial charge in [-0.15, -0.1) is 0 Å². The molecule has 12 nitrogen and oxygen atoms in total. The van der Waals surface area contributed by atoms with Gasteiger partial charge < -0.3 is 38.6 Å². The van der Waals surface area contributed by atoms with E-state index in [1.54, 1.807) is 20.8 Å². The van der Waals surface area contributed by atoms with E-state index in [0.717, 1.165) is 0 Å². The van der Waals surface area contributed by atoms with Gasteiger partial charge in [0.05, 0.1) is 25.0 Å². The van der Waals surface area contributed by atoms with Crippen molar-refractivity contribution in [2.45, 2.75) is 59.2 Å². The number of methoxy groups -OCH3 is 2. The lowest BCUT2D eigenvalue weighted by molar-refractivity contribution is -0.153. The van der Waals surface area contributed by atoms with Crippen LogP contribution in [0.2, 0.25) is 0 Å². The zero-order valence-corrected chi connectivity index (χ0v) is 26.3. The molecule has 1 aliphatic rings. The van der Waals surface area contributed by atoms with E-state index >= 15 is 0 Å². The highest BCUT2D eigenvalue weighted by atomic mass is 16.7. The normalized spacial score (nSPS) is 13.5. The molecule has 0 saturated heterocycles. The Morgan fingerprint density at radius 2 is 1.26 bits per heavy atom. The Bertz CT molecular complexity index is 2220. The molecule has 0 amide bonds. The van der Waals surface area contributed by atoms with E-state index in [2.05, 4.69) is 0 Å². The third kappa shape index (κ3) is 4.50. The Labute approximate surface area is 261 Å². The highest BCUT2D eigenvalue weighted by Crippen LogP contribution is 2.56. The molecule has 12 heteroatoms. The van der Waals surface area contributed by atoms with Crippen molar-refractivity contribution in [1.29, 1.82) is 0 Å². The first-order chi connectivity index (χ1) is 21.7. The quantitative estimate of drug-likeness (QED) is 0.141. The van der Waals surface area contributed by atoms with Gasteiger partial charge in [0.15, 0.2) is 33.9 Å². The third-order valence-corrected chi connectivity index (χ3v) is 8.28. The summed E-state index contributed by atoms with van der Waals surface area (Å²) < 4.78 is 34.4. The summed E-state index contributed by atoms with van der Waals surface area (Å²) in [6.07, 6.45) is -0.744. The lowest BCUT2D eigenvalue weighted by Gasteiger charge is -2.29. The van der Waals surface area contributed by atoms with Gasteiger partial charge in [-0.1, -0.05) is 0 Å². The van der Waals surface area contributed by atoms with Gasteiger partial charge in [0.2, 0.25) is 6.79 Å². The number of phenolic OH excluding ortho intramolecular Hbond substituents is 2. The summed E-state index contributed by atoms with van der Waals surface area (Å²) in [7, 11) is 2.67. The number of hydrogen-bond donors (Lipinski definition) is 2. The van der Waals surface area contributed by atoms with Crippen molar-refractivity contribution in [3.05, 3.63) is 43.7 Å². The molecule has 5 aromatic carbocycles. The van der Waals surface area contributed by atoms with Crippen LogP contribution in [0, 0.1) is 0 Å². The van der Waals surface area contributed by atoms with E-state index in [1.807, 2.05) is 0 Å². The molecule has 0 aromatic heterocycles. The molecule has 1 atom stereocenters. The second kappa shape index (κ2) is 10.7. The number of phenols is 2. The monoisotopic (exact) mass is 632 g/mol. The molecule has 0 fully saturated rings. The number of fused-ring (bicyclic) bond motifs is 1. The molecular formula is C34H32O12. The van der Waals surface area contributed by atoms with Crippen LogP contribution < -0.4 is 29.8 Å². The zero-order valence-electron chi connectivity index (χ0n) is 26.3. The summed E-state index contributed by atoms with van der Waals surface area (Å²) in [5.74, 6) is -1.75. The minimum absolute atomic E-state index is 0.00746. The van der Waals surface area contributed by atoms with Crippen LogP contribution in [0.4, 0.5) is 0 Å². The molecule has 0 saturated carbocycles. The SMILES string of the molecule is COc1c(O)c2c(=O)cc3c4c5c(cc(=O)c6c(O)c(OC)c(CC(C)(C)OC(C)=O)c(c(c1C[C@H](C)OC(C)=O)c24)c65)OCO3. The summed E-state index contributed by atoms with van der Waals surface area (Å²) in [4.78, 5) is 51.6. The highest BCUT2D eigenvalue weighted by Gasteiger charge is 2.36. The fourth-order valence-corrected chi connectivity index (χ4v) is 6.98. The van der Waals surface area contributed by atoms with Crippen molar-refractivity contribution in [3.63, 3.8) is 0 Å². The van der Waals surface area contributed by atoms with Gasteiger partial charge >= 0.3 is 11.9 Å². The molecule has 6 rings (SSSR count). The van der Waals surface area contributed by atoms with E-state index in [9.17, 15) is 29.4 Å². The molecule has 0 bridgehead atoms. The summed E-state index contributed by atoms with van der Waals surface area (Å²) in [5, 5.41) is 25.2. The second-order valence-electron chi connectivity index (χ2n) is 12.0. The number of hydrogen-bond acceptors (Lipinski definition) is 12. The fraction of sp³-hybridized carbons (Fsp3) is 0.353. The average Bonchev–Trinajstić information content (AvgIpc) is 3.11. The molecule has 1 aliphatic heterocycles. The Morgan fingerprint density at radius 3 is 1.72 bits per heavy atom. The minimum atomic E-state index is -1.15. The maximum absolute atomic E-state index is 13.8. The van der Waals surface area contributed by atoms with Crippen molar-refractivity contribution in [1.82, 2.24) is 0 Å². The van der Waals surface area contributed by atoms with Crippen LogP contribution in [0.5, 0.6) is 34.5 Å². The number of esters is 2. The van der Waals surface area contributed by atoms with Crippen molar-refractivity contribution in [3.8, 4) is 34.5 Å². The lowest BCUT2D eigenvalue weighted by atomic mass is 9.81. The van der Waals surface area contributed by atoms with Crippen molar-refractivity contribution < 1.29 is 48.2 Å². The van der Waals surface area contributed by atoms with Crippen LogP contribution in [0.15, 0.2) is 21.7 Å². The van der Waals surface area contributed by atoms with Gasteiger partial charge in [0, 0.05) is 71.5 Å². The maximum Gasteiger partial charge on any atom is 0.303 e. The van der Waals surface area contributed by atoms with Crippen molar-refractivity contribution >= 4 is 55.0 Å². The second-order valence-corrected chi connectivity index (χ2v) is 12.0. The molecule has 0 aliphatic carbocycles. The van der Waals surface area contributed by atoms with Crippen LogP contribution in [0.1, 0.15) is 45.7 Å². The molecule has 46 heavy (non-hydrogen) atoms. The topological polar surface area (TPSA) is 164 Å². The van der Waals surface area contributed by atoms with Crippen molar-refractivity contribution in [2.75, 3.05) is 21.0 Å². The van der Waals surface area contributed by atoms with E-state index in [1.165, 1.54) is 40.2 Å². The smallest absolute Gasteiger partial charge is 0.303 e. The predicted octanol–water partition coefficient (Wildman–Crippen LogP) is 4.43. The Balaban J connectivity index is 2.00. The van der Waals surface area contributed by atoms with E-state index in [0.29, 0.717) is 32.7 Å². The molecular weight excluding hydrogens is 600 g/mol. The largest absolute Gasteiger partial charge is 0.504 e. The molecule has 1 heterocycles. The first-order valence-corrected chi connectivity index (χ1v) is 14.5. The summed E-state index contributed by atoms with van der Waals surface area (Å²) in [5.41, 5.74) is -1.60. The molecule has 0 radical (unpaired) electrons. The van der Waals surface area contributed by atoms with Crippen molar-refractivity contribution in [2.24, 2.45) is 0 Å². The predicted molar refractivity (Wildman–Crippen MR) is 168 cm³/mol. The summed E-state index contributed by atoms with van der Waals surface area (Å²) in [6.45, 7) is 7.26. The van der Waals surface area contributed by atoms with Crippen LogP contribution >= 0.6 is 0 Å². The average molecular weight is 633 g/mol. The molecule has 240 valence electrons. The lowest BCUT2D eigenvalue weighted by Crippen LogP contribution is -2.30. The van der Waals surface area contributed by atoms with Crippen LogP contribution in [0.25, 0.3) is 43.1 Å². The fourth-order valence-electron chi connectivity index (χ4n) is 6.98. The van der Waals surface area contributed by atoms with Crippen LogP contribution in [-0.4, -0.2) is 54.9 Å². The highest BCUT2D eigenvalue weighted by molar-refractivity contribution is 6.38. The number of ether oxygens (including phenoxy) is 6. The summed E-state index contributed by atoms with van der Waals surface area (Å²) >= 11 is 0. The molecule has 0 spiro atoms.